The van der Waals surface area contributed by atoms with Gasteiger partial charge in [0.1, 0.15) is 11.4 Å². The Morgan fingerprint density at radius 2 is 1.04 bits per heavy atom. The molecule has 0 aliphatic rings. The molecule has 8 aromatic rings. The van der Waals surface area contributed by atoms with Crippen LogP contribution in [0.5, 0.6) is 0 Å². The van der Waals surface area contributed by atoms with Gasteiger partial charge in [0.25, 0.3) is 11.1 Å². The average Bonchev–Trinajstić information content (AvgIpc) is 4.02. The summed E-state index contributed by atoms with van der Waals surface area (Å²) in [4.78, 5) is 39.4. The van der Waals surface area contributed by atoms with E-state index in [9.17, 15) is 9.59 Å². The van der Waals surface area contributed by atoms with Gasteiger partial charge in [0.15, 0.2) is 11.5 Å². The number of nitrogens with one attached hydrogen (secondary N) is 4. The zero-order valence-corrected chi connectivity index (χ0v) is 30.0. The highest BCUT2D eigenvalue weighted by Gasteiger charge is 2.12. The monoisotopic (exact) mass is 728 g/mol. The third-order valence-corrected chi connectivity index (χ3v) is 8.46. The number of aryl methyl sites for hydroxylation is 2. The number of benzene rings is 2. The van der Waals surface area contributed by atoms with E-state index in [4.69, 9.17) is 9.05 Å². The van der Waals surface area contributed by atoms with Gasteiger partial charge in [0.2, 0.25) is 23.5 Å². The zero-order chi connectivity index (χ0) is 37.3. The predicted octanol–water partition coefficient (Wildman–Crippen LogP) is 6.05. The predicted molar refractivity (Wildman–Crippen MR) is 203 cm³/mol. The normalized spacial score (nSPS) is 11.1. The second-order valence-electron chi connectivity index (χ2n) is 12.6. The van der Waals surface area contributed by atoms with Crippen molar-refractivity contribution < 1.29 is 9.05 Å². The molecule has 16 heteroatoms. The molecule has 0 aliphatic heterocycles. The Balaban J connectivity index is 0.000000167. The summed E-state index contributed by atoms with van der Waals surface area (Å²) in [5.74, 6) is 2.99. The molecule has 0 amide bonds. The summed E-state index contributed by atoms with van der Waals surface area (Å²) >= 11 is 0. The molecule has 0 aliphatic carbocycles. The van der Waals surface area contributed by atoms with E-state index < -0.39 is 0 Å². The molecule has 2 aromatic carbocycles. The number of unbranched alkanes of at least 4 members (excludes halogenated alkanes) is 2. The van der Waals surface area contributed by atoms with E-state index in [0.717, 1.165) is 72.4 Å². The van der Waals surface area contributed by atoms with Crippen LogP contribution in [0.15, 0.2) is 104 Å². The average molecular weight is 729 g/mol. The van der Waals surface area contributed by atoms with E-state index in [2.05, 4.69) is 64.9 Å². The summed E-state index contributed by atoms with van der Waals surface area (Å²) in [5.41, 5.74) is 4.74. The Morgan fingerprint density at radius 1 is 0.611 bits per heavy atom. The number of aromatic nitrogens is 10. The van der Waals surface area contributed by atoms with Crippen LogP contribution in [-0.4, -0.2) is 49.5 Å². The Morgan fingerprint density at radius 3 is 1.44 bits per heavy atom. The first kappa shape index (κ1) is 35.6. The van der Waals surface area contributed by atoms with Crippen molar-refractivity contribution in [2.24, 2.45) is 0 Å². The second kappa shape index (κ2) is 16.7. The summed E-state index contributed by atoms with van der Waals surface area (Å²) in [6.07, 6.45) is 5.80. The highest BCUT2D eigenvalue weighted by atomic mass is 16.5. The highest BCUT2D eigenvalue weighted by Crippen LogP contribution is 2.21. The van der Waals surface area contributed by atoms with Gasteiger partial charge in [-0.15, -0.1) is 10.2 Å². The lowest BCUT2D eigenvalue weighted by molar-refractivity contribution is 0.424. The quantitative estimate of drug-likeness (QED) is 0.101. The summed E-state index contributed by atoms with van der Waals surface area (Å²) in [6, 6.07) is 26.4. The lowest BCUT2D eigenvalue weighted by Crippen LogP contribution is -2.15. The maximum atomic E-state index is 12.2. The number of anilines is 2. The molecule has 0 bridgehead atoms. The number of hydrogen-bond acceptors (Lipinski definition) is 12. The van der Waals surface area contributed by atoms with Gasteiger partial charge in [-0.05, 0) is 25.7 Å². The second-order valence-corrected chi connectivity index (χ2v) is 12.6. The van der Waals surface area contributed by atoms with E-state index in [-0.39, 0.29) is 11.1 Å². The Labute approximate surface area is 308 Å². The first-order valence-corrected chi connectivity index (χ1v) is 17.9. The number of H-pyrrole nitrogens is 2. The van der Waals surface area contributed by atoms with E-state index in [1.165, 1.54) is 9.03 Å². The summed E-state index contributed by atoms with van der Waals surface area (Å²) in [6.45, 7) is 5.01. The van der Waals surface area contributed by atoms with Crippen LogP contribution >= 0.6 is 0 Å². The minimum Gasteiger partial charge on any atom is -0.356 e. The molecular formula is C38H40N12O4. The van der Waals surface area contributed by atoms with Crippen molar-refractivity contribution in [1.82, 2.24) is 49.5 Å². The summed E-state index contributed by atoms with van der Waals surface area (Å²) in [5, 5.41) is 22.7. The van der Waals surface area contributed by atoms with Crippen molar-refractivity contribution in [2.75, 3.05) is 10.6 Å². The van der Waals surface area contributed by atoms with Gasteiger partial charge in [0, 0.05) is 46.8 Å². The van der Waals surface area contributed by atoms with Gasteiger partial charge < -0.3 is 29.6 Å². The summed E-state index contributed by atoms with van der Waals surface area (Å²) < 4.78 is 13.3. The van der Waals surface area contributed by atoms with Crippen LogP contribution < -0.4 is 21.8 Å². The smallest absolute Gasteiger partial charge is 0.275 e. The van der Waals surface area contributed by atoms with Gasteiger partial charge in [0.05, 0.1) is 13.1 Å². The highest BCUT2D eigenvalue weighted by molar-refractivity contribution is 5.58. The maximum Gasteiger partial charge on any atom is 0.275 e. The fraction of sp³-hybridized carbons (Fsp3) is 0.263. The van der Waals surface area contributed by atoms with Crippen molar-refractivity contribution in [3.05, 3.63) is 128 Å². The number of rotatable bonds is 14. The Bertz CT molecular complexity index is 2370. The van der Waals surface area contributed by atoms with E-state index in [0.29, 0.717) is 48.1 Å². The lowest BCUT2D eigenvalue weighted by Gasteiger charge is -1.99. The van der Waals surface area contributed by atoms with Crippen molar-refractivity contribution >= 4 is 23.5 Å². The minimum absolute atomic E-state index is 0.191. The van der Waals surface area contributed by atoms with Crippen LogP contribution in [0, 0.1) is 0 Å². The van der Waals surface area contributed by atoms with Crippen molar-refractivity contribution in [3.63, 3.8) is 0 Å². The molecular weight excluding hydrogens is 688 g/mol. The van der Waals surface area contributed by atoms with Gasteiger partial charge in [-0.2, -0.15) is 19.0 Å². The van der Waals surface area contributed by atoms with Gasteiger partial charge in [-0.25, -0.2) is 0 Å². The molecule has 6 aromatic heterocycles. The fourth-order valence-corrected chi connectivity index (χ4v) is 5.63. The van der Waals surface area contributed by atoms with Crippen LogP contribution in [0.2, 0.25) is 0 Å². The standard InChI is InChI=1S/2C19H20N6O2/c2*1-2-3-9-14-11-17(26)25-19(21-14)22-18(23-25)20-12-15-10-16(27-24-15)13-7-5-4-6-8-13/h2*4-8,10-11H,2-3,9,12H2,1H3,(H2,20,21,22,23). The SMILES string of the molecule is CCCCc1cc(=O)n2nc(NCc3cc(-c4ccccc4)on3)nc2[nH]1.CCCCc1cc(=O)n2nc(NCc3cc(-c4ccccc4)on3)nc2[nH]1. The van der Waals surface area contributed by atoms with E-state index >= 15 is 0 Å². The van der Waals surface area contributed by atoms with E-state index in [1.54, 1.807) is 12.1 Å². The Hall–Kier alpha value is -6.84. The first-order valence-electron chi connectivity index (χ1n) is 17.9. The topological polar surface area (TPSA) is 202 Å². The first-order chi connectivity index (χ1) is 26.4. The largest absolute Gasteiger partial charge is 0.356 e. The number of hydrogen-bond donors (Lipinski definition) is 4. The number of nitrogens with zero attached hydrogens (tertiary/aromatic N) is 8. The van der Waals surface area contributed by atoms with Crippen LogP contribution in [0.1, 0.15) is 62.3 Å². The molecule has 16 nitrogen and oxygen atoms in total. The van der Waals surface area contributed by atoms with Crippen molar-refractivity contribution in [2.45, 2.75) is 65.5 Å². The van der Waals surface area contributed by atoms with Gasteiger partial charge in [-0.1, -0.05) is 97.7 Å². The molecule has 54 heavy (non-hydrogen) atoms. The van der Waals surface area contributed by atoms with E-state index in [1.807, 2.05) is 72.8 Å². The van der Waals surface area contributed by atoms with Crippen molar-refractivity contribution in [1.29, 1.82) is 0 Å². The zero-order valence-electron chi connectivity index (χ0n) is 30.0. The van der Waals surface area contributed by atoms with Crippen molar-refractivity contribution in [3.8, 4) is 22.6 Å². The number of aromatic amines is 2. The molecule has 0 saturated carbocycles. The molecule has 8 rings (SSSR count). The molecule has 0 fully saturated rings. The third kappa shape index (κ3) is 8.61. The van der Waals surface area contributed by atoms with Crippen LogP contribution in [-0.2, 0) is 25.9 Å². The maximum absolute atomic E-state index is 12.2. The molecule has 0 spiro atoms. The molecule has 0 radical (unpaired) electrons. The van der Waals surface area contributed by atoms with Crippen LogP contribution in [0.3, 0.4) is 0 Å². The Kier molecular flexibility index (Phi) is 11.0. The molecule has 0 atom stereocenters. The van der Waals surface area contributed by atoms with Crippen LogP contribution in [0.25, 0.3) is 34.2 Å². The minimum atomic E-state index is -0.191. The molecule has 0 saturated heterocycles. The molecule has 6 heterocycles. The summed E-state index contributed by atoms with van der Waals surface area (Å²) in [7, 11) is 0. The molecule has 0 unspecified atom stereocenters. The van der Waals surface area contributed by atoms with Gasteiger partial charge >= 0.3 is 0 Å². The van der Waals surface area contributed by atoms with Crippen LogP contribution in [0.4, 0.5) is 11.9 Å². The molecule has 276 valence electrons. The molecule has 4 N–H and O–H groups in total. The lowest BCUT2D eigenvalue weighted by atomic mass is 10.2. The third-order valence-electron chi connectivity index (χ3n) is 8.46. The fourth-order valence-electron chi connectivity index (χ4n) is 5.63. The van der Waals surface area contributed by atoms with Gasteiger partial charge in [-0.3, -0.25) is 9.59 Å². The number of fused-ring (bicyclic) bond motifs is 2.